The molecule has 0 unspecified atom stereocenters. The first-order valence-electron chi connectivity index (χ1n) is 7.88. The smallest absolute Gasteiger partial charge is 0.238 e. The number of carbonyl (C=O) groups is 1. The van der Waals surface area contributed by atoms with Crippen molar-refractivity contribution in [2.24, 2.45) is 0 Å². The van der Waals surface area contributed by atoms with E-state index in [1.165, 1.54) is 12.1 Å². The number of amides is 1. The van der Waals surface area contributed by atoms with Crippen LogP contribution in [-0.2, 0) is 4.79 Å². The lowest BCUT2D eigenvalue weighted by Gasteiger charge is -2.35. The summed E-state index contributed by atoms with van der Waals surface area (Å²) in [6.45, 7) is 3.57. The fraction of sp³-hybridized carbons (Fsp3) is 0.278. The summed E-state index contributed by atoms with van der Waals surface area (Å²) in [5.41, 5.74) is 1.72. The van der Waals surface area contributed by atoms with Crippen LogP contribution in [0.1, 0.15) is 0 Å². The molecule has 0 atom stereocenters. The van der Waals surface area contributed by atoms with E-state index >= 15 is 0 Å². The summed E-state index contributed by atoms with van der Waals surface area (Å²) in [4.78, 5) is 16.4. The van der Waals surface area contributed by atoms with Crippen molar-refractivity contribution < 1.29 is 9.18 Å². The molecule has 2 aromatic carbocycles. The van der Waals surface area contributed by atoms with Gasteiger partial charge in [0.15, 0.2) is 0 Å². The second-order valence-electron chi connectivity index (χ2n) is 5.80. The van der Waals surface area contributed by atoms with Crippen LogP contribution in [0.15, 0.2) is 48.5 Å². The number of hydrogen-bond acceptors (Lipinski definition) is 3. The molecule has 134 valence electrons. The summed E-state index contributed by atoms with van der Waals surface area (Å²) in [6, 6.07) is 13.6. The number of benzene rings is 2. The highest BCUT2D eigenvalue weighted by Gasteiger charge is 2.19. The Morgan fingerprint density at radius 3 is 2.40 bits per heavy atom. The maximum Gasteiger partial charge on any atom is 0.238 e. The Bertz CT molecular complexity index is 704. The highest BCUT2D eigenvalue weighted by atomic mass is 35.5. The van der Waals surface area contributed by atoms with E-state index in [2.05, 4.69) is 15.1 Å². The second kappa shape index (κ2) is 9.04. The third-order valence-corrected chi connectivity index (χ3v) is 4.27. The van der Waals surface area contributed by atoms with Crippen LogP contribution in [-0.4, -0.2) is 43.5 Å². The van der Waals surface area contributed by atoms with Crippen LogP contribution in [0.3, 0.4) is 0 Å². The van der Waals surface area contributed by atoms with Crippen molar-refractivity contribution in [3.8, 4) is 0 Å². The topological polar surface area (TPSA) is 35.6 Å². The van der Waals surface area contributed by atoms with Crippen molar-refractivity contribution in [2.75, 3.05) is 42.9 Å². The van der Waals surface area contributed by atoms with Crippen LogP contribution in [0.4, 0.5) is 15.8 Å². The third kappa shape index (κ3) is 5.59. The molecule has 0 bridgehead atoms. The molecule has 1 fully saturated rings. The van der Waals surface area contributed by atoms with Gasteiger partial charge in [0.1, 0.15) is 5.82 Å². The Morgan fingerprint density at radius 2 is 1.76 bits per heavy atom. The molecule has 1 saturated heterocycles. The van der Waals surface area contributed by atoms with Crippen molar-refractivity contribution in [1.29, 1.82) is 0 Å². The van der Waals surface area contributed by atoms with Gasteiger partial charge in [-0.25, -0.2) is 4.39 Å². The first kappa shape index (κ1) is 19.5. The van der Waals surface area contributed by atoms with Crippen molar-refractivity contribution in [3.05, 3.63) is 59.4 Å². The van der Waals surface area contributed by atoms with E-state index in [-0.39, 0.29) is 24.1 Å². The molecule has 7 heteroatoms. The van der Waals surface area contributed by atoms with Crippen LogP contribution in [0.5, 0.6) is 0 Å². The number of carbonyl (C=O) groups excluding carboxylic acids is 1. The molecule has 4 nitrogen and oxygen atoms in total. The van der Waals surface area contributed by atoms with E-state index in [0.29, 0.717) is 17.3 Å². The predicted molar refractivity (Wildman–Crippen MR) is 102 cm³/mol. The van der Waals surface area contributed by atoms with Gasteiger partial charge in [0.05, 0.1) is 6.54 Å². The summed E-state index contributed by atoms with van der Waals surface area (Å²) < 4.78 is 13.0. The van der Waals surface area contributed by atoms with Gasteiger partial charge in [-0.3, -0.25) is 9.69 Å². The molecule has 0 saturated carbocycles. The SMILES string of the molecule is Cl.O=C(CN1CCN(c2ccc(F)cc2)CC1)Nc1cccc(Cl)c1. The predicted octanol–water partition coefficient (Wildman–Crippen LogP) is 3.66. The lowest BCUT2D eigenvalue weighted by atomic mass is 10.2. The zero-order valence-electron chi connectivity index (χ0n) is 13.6. The number of halogens is 3. The number of nitrogens with one attached hydrogen (secondary N) is 1. The van der Waals surface area contributed by atoms with Crippen molar-refractivity contribution in [1.82, 2.24) is 4.90 Å². The molecule has 3 rings (SSSR count). The quantitative estimate of drug-likeness (QED) is 0.874. The molecule has 0 radical (unpaired) electrons. The molecular weight excluding hydrogens is 364 g/mol. The van der Waals surface area contributed by atoms with Crippen molar-refractivity contribution in [3.63, 3.8) is 0 Å². The Labute approximate surface area is 158 Å². The van der Waals surface area contributed by atoms with Gasteiger partial charge in [-0.05, 0) is 42.5 Å². The highest BCUT2D eigenvalue weighted by Crippen LogP contribution is 2.17. The Hall–Kier alpha value is -1.82. The van der Waals surface area contributed by atoms with Crippen molar-refractivity contribution in [2.45, 2.75) is 0 Å². The van der Waals surface area contributed by atoms with Crippen LogP contribution in [0.25, 0.3) is 0 Å². The van der Waals surface area contributed by atoms with Crippen LogP contribution in [0.2, 0.25) is 5.02 Å². The normalized spacial score (nSPS) is 14.7. The van der Waals surface area contributed by atoms with E-state index in [9.17, 15) is 9.18 Å². The molecule has 0 aromatic heterocycles. The maximum atomic E-state index is 13.0. The molecule has 2 aromatic rings. The fourth-order valence-corrected chi connectivity index (χ4v) is 2.98. The Morgan fingerprint density at radius 1 is 1.08 bits per heavy atom. The summed E-state index contributed by atoms with van der Waals surface area (Å²) in [5, 5.41) is 3.46. The molecule has 1 heterocycles. The van der Waals surface area contributed by atoms with E-state index in [4.69, 9.17) is 11.6 Å². The fourth-order valence-electron chi connectivity index (χ4n) is 2.79. The van der Waals surface area contributed by atoms with Gasteiger partial charge < -0.3 is 10.2 Å². The zero-order chi connectivity index (χ0) is 16.9. The lowest BCUT2D eigenvalue weighted by molar-refractivity contribution is -0.117. The molecule has 1 N–H and O–H groups in total. The van der Waals surface area contributed by atoms with Crippen LogP contribution < -0.4 is 10.2 Å². The minimum atomic E-state index is -0.227. The molecule has 0 spiro atoms. The summed E-state index contributed by atoms with van der Waals surface area (Å²) in [5.74, 6) is -0.275. The Balaban J connectivity index is 0.00000225. The largest absolute Gasteiger partial charge is 0.369 e. The van der Waals surface area contributed by atoms with Gasteiger partial charge in [-0.2, -0.15) is 0 Å². The molecule has 1 aliphatic heterocycles. The Kier molecular flexibility index (Phi) is 7.05. The third-order valence-electron chi connectivity index (χ3n) is 4.04. The number of anilines is 2. The van der Waals surface area contributed by atoms with E-state index in [1.807, 2.05) is 6.07 Å². The lowest BCUT2D eigenvalue weighted by Crippen LogP contribution is -2.48. The summed E-state index contributed by atoms with van der Waals surface area (Å²) in [7, 11) is 0. The molecule has 1 aliphatic rings. The van der Waals surface area contributed by atoms with Gasteiger partial charge in [-0.15, -0.1) is 12.4 Å². The minimum absolute atomic E-state index is 0. The van der Waals surface area contributed by atoms with Crippen LogP contribution in [0, 0.1) is 5.82 Å². The molecular formula is C18H20Cl2FN3O. The molecule has 1 amide bonds. The van der Waals surface area contributed by atoms with Gasteiger partial charge in [0.25, 0.3) is 0 Å². The number of rotatable bonds is 4. The standard InChI is InChI=1S/C18H19ClFN3O.ClH/c19-14-2-1-3-16(12-14)21-18(24)13-22-8-10-23(11-9-22)17-6-4-15(20)5-7-17;/h1-7,12H,8-11,13H2,(H,21,24);1H. The van der Waals surface area contributed by atoms with Crippen LogP contribution >= 0.6 is 24.0 Å². The first-order chi connectivity index (χ1) is 11.6. The average Bonchev–Trinajstić information content (AvgIpc) is 2.56. The molecule has 0 aliphatic carbocycles. The zero-order valence-corrected chi connectivity index (χ0v) is 15.2. The summed E-state index contributed by atoms with van der Waals surface area (Å²) in [6.07, 6.45) is 0. The first-order valence-corrected chi connectivity index (χ1v) is 8.26. The van der Waals surface area contributed by atoms with E-state index < -0.39 is 0 Å². The van der Waals surface area contributed by atoms with E-state index in [1.54, 1.807) is 30.3 Å². The number of hydrogen-bond donors (Lipinski definition) is 1. The van der Waals surface area contributed by atoms with Crippen molar-refractivity contribution >= 4 is 41.3 Å². The van der Waals surface area contributed by atoms with E-state index in [0.717, 1.165) is 31.9 Å². The summed E-state index contributed by atoms with van der Waals surface area (Å²) >= 11 is 5.91. The van der Waals surface area contributed by atoms with Gasteiger partial charge in [-0.1, -0.05) is 17.7 Å². The monoisotopic (exact) mass is 383 g/mol. The number of nitrogens with zero attached hydrogens (tertiary/aromatic N) is 2. The number of piperazine rings is 1. The van der Waals surface area contributed by atoms with Gasteiger partial charge in [0.2, 0.25) is 5.91 Å². The van der Waals surface area contributed by atoms with Gasteiger partial charge >= 0.3 is 0 Å². The minimum Gasteiger partial charge on any atom is -0.369 e. The maximum absolute atomic E-state index is 13.0. The molecule has 25 heavy (non-hydrogen) atoms. The average molecular weight is 384 g/mol. The second-order valence-corrected chi connectivity index (χ2v) is 6.23. The van der Waals surface area contributed by atoms with Gasteiger partial charge in [0, 0.05) is 42.6 Å². The highest BCUT2D eigenvalue weighted by molar-refractivity contribution is 6.30.